The number of anilines is 1. The molecule has 1 atom stereocenters. The summed E-state index contributed by atoms with van der Waals surface area (Å²) in [6, 6.07) is 15.2. The van der Waals surface area contributed by atoms with E-state index in [-0.39, 0.29) is 11.1 Å². The fourth-order valence-electron chi connectivity index (χ4n) is 4.77. The van der Waals surface area contributed by atoms with Crippen LogP contribution in [0.5, 0.6) is 0 Å². The van der Waals surface area contributed by atoms with E-state index in [0.29, 0.717) is 29.1 Å². The first-order chi connectivity index (χ1) is 19.2. The number of amides is 1. The largest absolute Gasteiger partial charge is 0.481 e. The number of nitrogens with one attached hydrogen (secondary N) is 1. The predicted octanol–water partition coefficient (Wildman–Crippen LogP) is 7.73. The van der Waals surface area contributed by atoms with E-state index in [0.717, 1.165) is 32.0 Å². The van der Waals surface area contributed by atoms with E-state index in [4.69, 9.17) is 4.74 Å². The molecule has 1 aliphatic rings. The Balaban J connectivity index is 1.24. The summed E-state index contributed by atoms with van der Waals surface area (Å²) in [5.74, 6) is -2.03. The lowest BCUT2D eigenvalue weighted by Crippen LogP contribution is -2.21. The van der Waals surface area contributed by atoms with Crippen molar-refractivity contribution in [2.75, 3.05) is 5.32 Å². The number of aromatic nitrogens is 2. The molecule has 1 amide bonds. The fourth-order valence-corrected chi connectivity index (χ4v) is 7.20. The van der Waals surface area contributed by atoms with E-state index in [1.54, 1.807) is 30.9 Å². The number of carbonyl (C=O) groups is 2. The minimum atomic E-state index is -1.32. The zero-order valence-electron chi connectivity index (χ0n) is 21.4. The summed E-state index contributed by atoms with van der Waals surface area (Å²) in [6.45, 7) is 1.79. The summed E-state index contributed by atoms with van der Waals surface area (Å²) in [7, 11) is 1.71. The Morgan fingerprint density at radius 1 is 1.02 bits per heavy atom. The van der Waals surface area contributed by atoms with E-state index < -0.39 is 35.2 Å². The Hall–Kier alpha value is -4.09. The lowest BCUT2D eigenvalue weighted by atomic mass is 9.94. The van der Waals surface area contributed by atoms with Crippen molar-refractivity contribution in [2.24, 2.45) is 7.05 Å². The normalized spacial score (nSPS) is 14.7. The lowest BCUT2D eigenvalue weighted by molar-refractivity contribution is -0.140. The molecular formula is C29H23F2N3O4S2. The van der Waals surface area contributed by atoms with Crippen LogP contribution < -0.4 is 5.32 Å². The first-order valence-electron chi connectivity index (χ1n) is 12.5. The van der Waals surface area contributed by atoms with Gasteiger partial charge in [-0.05, 0) is 49.6 Å². The van der Waals surface area contributed by atoms with Gasteiger partial charge in [-0.3, -0.25) is 14.8 Å². The van der Waals surface area contributed by atoms with E-state index >= 15 is 4.39 Å². The summed E-state index contributed by atoms with van der Waals surface area (Å²) < 4.78 is 38.8. The summed E-state index contributed by atoms with van der Waals surface area (Å²) >= 11 is 2.74. The summed E-state index contributed by atoms with van der Waals surface area (Å²) in [6.07, 6.45) is 1.19. The molecule has 1 saturated carbocycles. The minimum absolute atomic E-state index is 0.0939. The Morgan fingerprint density at radius 3 is 2.30 bits per heavy atom. The minimum Gasteiger partial charge on any atom is -0.481 e. The third-order valence-electron chi connectivity index (χ3n) is 7.18. The second kappa shape index (κ2) is 9.83. The molecule has 204 valence electrons. The van der Waals surface area contributed by atoms with Crippen molar-refractivity contribution in [2.45, 2.75) is 31.3 Å². The van der Waals surface area contributed by atoms with Gasteiger partial charge in [0.2, 0.25) is 0 Å². The standard InChI is InChI=1S/C29H23F2N3O4S2/c1-15(16-6-4-3-5-7-16)38-28(37)33-26-18(14-32-34(26)2)23-13-25-24(40-23)12-22(39-25)17-10-21(31)19(11-20(17)30)29(8-9-29)27(35)36/h3-7,10-15H,8-9H2,1-2H3,(H,33,37)(H,35,36)/t15-/m1/s1. The third-order valence-corrected chi connectivity index (χ3v) is 9.54. The molecule has 0 saturated heterocycles. The molecule has 3 heterocycles. The van der Waals surface area contributed by atoms with Crippen LogP contribution in [0.4, 0.5) is 19.4 Å². The Morgan fingerprint density at radius 2 is 1.68 bits per heavy atom. The van der Waals surface area contributed by atoms with Crippen LogP contribution in [-0.2, 0) is 22.0 Å². The van der Waals surface area contributed by atoms with Gasteiger partial charge in [-0.2, -0.15) is 5.10 Å². The summed E-state index contributed by atoms with van der Waals surface area (Å²) in [4.78, 5) is 25.7. The highest BCUT2D eigenvalue weighted by atomic mass is 32.1. The van der Waals surface area contributed by atoms with E-state index in [9.17, 15) is 19.1 Å². The topological polar surface area (TPSA) is 93.4 Å². The number of hydrogen-bond donors (Lipinski definition) is 2. The van der Waals surface area contributed by atoms with Crippen molar-refractivity contribution in [1.82, 2.24) is 9.78 Å². The number of carboxylic acids is 1. The van der Waals surface area contributed by atoms with Gasteiger partial charge in [-0.25, -0.2) is 13.6 Å². The van der Waals surface area contributed by atoms with Crippen LogP contribution in [0.2, 0.25) is 0 Å². The van der Waals surface area contributed by atoms with E-state index in [2.05, 4.69) is 10.4 Å². The summed E-state index contributed by atoms with van der Waals surface area (Å²) in [5.41, 5.74) is 0.241. The van der Waals surface area contributed by atoms with Crippen LogP contribution in [0.25, 0.3) is 30.3 Å². The number of carbonyl (C=O) groups excluding carboxylic acids is 1. The molecular weight excluding hydrogens is 556 g/mol. The number of rotatable bonds is 7. The fraction of sp³-hybridized carbons (Fsp3) is 0.207. The highest BCUT2D eigenvalue weighted by Gasteiger charge is 2.53. The predicted molar refractivity (Wildman–Crippen MR) is 151 cm³/mol. The monoisotopic (exact) mass is 579 g/mol. The van der Waals surface area contributed by atoms with Gasteiger partial charge in [0.1, 0.15) is 23.6 Å². The molecule has 1 fully saturated rings. The van der Waals surface area contributed by atoms with Crippen molar-refractivity contribution in [3.05, 3.63) is 83.6 Å². The smallest absolute Gasteiger partial charge is 0.413 e. The number of aliphatic carboxylic acids is 1. The molecule has 0 radical (unpaired) electrons. The molecule has 11 heteroatoms. The quantitative estimate of drug-likeness (QED) is 0.206. The Labute approximate surface area is 235 Å². The van der Waals surface area contributed by atoms with Crippen molar-refractivity contribution >= 4 is 50.0 Å². The molecule has 0 bridgehead atoms. The van der Waals surface area contributed by atoms with Crippen molar-refractivity contribution in [3.8, 4) is 20.9 Å². The Bertz CT molecular complexity index is 1740. The van der Waals surface area contributed by atoms with Crippen LogP contribution >= 0.6 is 22.7 Å². The second-order valence-corrected chi connectivity index (χ2v) is 11.9. The van der Waals surface area contributed by atoms with Gasteiger partial charge in [-0.15, -0.1) is 22.7 Å². The number of nitrogens with zero attached hydrogens (tertiary/aromatic N) is 2. The number of hydrogen-bond acceptors (Lipinski definition) is 6. The van der Waals surface area contributed by atoms with Gasteiger partial charge < -0.3 is 9.84 Å². The number of fused-ring (bicyclic) bond motifs is 1. The molecule has 1 aliphatic carbocycles. The second-order valence-electron chi connectivity index (χ2n) is 9.76. The highest BCUT2D eigenvalue weighted by molar-refractivity contribution is 7.31. The number of ether oxygens (including phenoxy) is 1. The number of halogens is 2. The average molecular weight is 580 g/mol. The molecule has 0 aliphatic heterocycles. The molecule has 40 heavy (non-hydrogen) atoms. The molecule has 6 rings (SSSR count). The van der Waals surface area contributed by atoms with Crippen LogP contribution in [0.3, 0.4) is 0 Å². The van der Waals surface area contributed by atoms with E-state index in [1.165, 1.54) is 22.7 Å². The maximum absolute atomic E-state index is 15.1. The maximum Gasteiger partial charge on any atom is 0.413 e. The van der Waals surface area contributed by atoms with Gasteiger partial charge in [0.05, 0.1) is 17.2 Å². The molecule has 2 aromatic carbocycles. The van der Waals surface area contributed by atoms with E-state index in [1.807, 2.05) is 36.4 Å². The van der Waals surface area contributed by atoms with Gasteiger partial charge in [0, 0.05) is 37.3 Å². The first kappa shape index (κ1) is 26.1. The van der Waals surface area contributed by atoms with Crippen LogP contribution in [-0.4, -0.2) is 26.9 Å². The maximum atomic E-state index is 15.1. The van der Waals surface area contributed by atoms with Gasteiger partial charge in [0.15, 0.2) is 0 Å². The van der Waals surface area contributed by atoms with Crippen molar-refractivity contribution in [1.29, 1.82) is 0 Å². The number of carboxylic acid groups (broad SMARTS) is 1. The summed E-state index contributed by atoms with van der Waals surface area (Å²) in [5, 5.41) is 16.6. The van der Waals surface area contributed by atoms with Crippen LogP contribution in [0, 0.1) is 11.6 Å². The van der Waals surface area contributed by atoms with Crippen LogP contribution in [0.15, 0.2) is 60.8 Å². The molecule has 0 unspecified atom stereocenters. The SMILES string of the molecule is C[C@@H](OC(=O)Nc1c(-c2cc3sc(-c4cc(F)c(C5(C(=O)O)CC5)cc4F)cc3s2)cnn1C)c1ccccc1. The third kappa shape index (κ3) is 4.54. The van der Waals surface area contributed by atoms with Gasteiger partial charge in [0.25, 0.3) is 0 Å². The molecule has 3 aromatic heterocycles. The Kier molecular flexibility index (Phi) is 6.42. The van der Waals surface area contributed by atoms with Gasteiger partial charge in [-0.1, -0.05) is 30.3 Å². The molecule has 0 spiro atoms. The van der Waals surface area contributed by atoms with Crippen molar-refractivity contribution < 1.29 is 28.2 Å². The molecule has 5 aromatic rings. The average Bonchev–Trinajstić information content (AvgIpc) is 3.34. The van der Waals surface area contributed by atoms with Crippen LogP contribution in [0.1, 0.15) is 37.0 Å². The number of thiophene rings is 2. The number of benzene rings is 2. The van der Waals surface area contributed by atoms with Crippen molar-refractivity contribution in [3.63, 3.8) is 0 Å². The number of aryl methyl sites for hydroxylation is 1. The first-order valence-corrected chi connectivity index (χ1v) is 14.1. The lowest BCUT2D eigenvalue weighted by Gasteiger charge is -2.14. The zero-order chi connectivity index (χ0) is 28.2. The van der Waals surface area contributed by atoms with Gasteiger partial charge >= 0.3 is 12.1 Å². The zero-order valence-corrected chi connectivity index (χ0v) is 23.0. The highest BCUT2D eigenvalue weighted by Crippen LogP contribution is 2.51. The molecule has 7 nitrogen and oxygen atoms in total. The molecule has 2 N–H and O–H groups in total.